The summed E-state index contributed by atoms with van der Waals surface area (Å²) < 4.78 is 5.96. The summed E-state index contributed by atoms with van der Waals surface area (Å²) >= 11 is 0. The van der Waals surface area contributed by atoms with E-state index < -0.39 is 5.97 Å². The van der Waals surface area contributed by atoms with Gasteiger partial charge in [-0.15, -0.1) is 0 Å². The molecule has 1 atom stereocenters. The van der Waals surface area contributed by atoms with Crippen molar-refractivity contribution in [2.75, 3.05) is 0 Å². The van der Waals surface area contributed by atoms with Crippen LogP contribution < -0.4 is 4.74 Å². The number of hydrogen-bond acceptors (Lipinski definition) is 2. The molecule has 0 aliphatic rings. The third-order valence-electron chi connectivity index (χ3n) is 2.92. The van der Waals surface area contributed by atoms with E-state index in [1.54, 1.807) is 6.08 Å². The van der Waals surface area contributed by atoms with Crippen LogP contribution in [0.25, 0.3) is 6.08 Å². The molecule has 3 nitrogen and oxygen atoms in total. The predicted octanol–water partition coefficient (Wildman–Crippen LogP) is 3.97. The quantitative estimate of drug-likeness (QED) is 0.789. The molecule has 1 N–H and O–H groups in total. The summed E-state index contributed by atoms with van der Waals surface area (Å²) in [6.07, 6.45) is 5.07. The summed E-state index contributed by atoms with van der Waals surface area (Å²) in [5.74, 6) is -0.0272. The van der Waals surface area contributed by atoms with E-state index in [0.29, 0.717) is 0 Å². The Labute approximate surface area is 114 Å². The summed E-state index contributed by atoms with van der Waals surface area (Å²) in [5, 5.41) is 8.63. The monoisotopic (exact) mass is 262 g/mol. The van der Waals surface area contributed by atoms with Crippen LogP contribution in [0.15, 0.2) is 18.2 Å². The lowest BCUT2D eigenvalue weighted by Crippen LogP contribution is -2.12. The summed E-state index contributed by atoms with van der Waals surface area (Å²) in [6, 6.07) is 3.89. The first-order chi connectivity index (χ1) is 8.93. The second kappa shape index (κ2) is 6.98. The number of rotatable bonds is 6. The van der Waals surface area contributed by atoms with Gasteiger partial charge < -0.3 is 9.84 Å². The number of carboxylic acids is 1. The second-order valence-electron chi connectivity index (χ2n) is 4.87. The van der Waals surface area contributed by atoms with Crippen LogP contribution in [0, 0.1) is 13.8 Å². The molecule has 104 valence electrons. The SMILES string of the molecule is CCCC(C)Oc1c(C)cc(/C=C/C(=O)O)cc1C. The van der Waals surface area contributed by atoms with E-state index in [2.05, 4.69) is 13.8 Å². The van der Waals surface area contributed by atoms with Crippen LogP contribution in [0.5, 0.6) is 5.75 Å². The molecule has 0 aromatic heterocycles. The number of ether oxygens (including phenoxy) is 1. The van der Waals surface area contributed by atoms with Gasteiger partial charge in [0.1, 0.15) is 5.75 Å². The summed E-state index contributed by atoms with van der Waals surface area (Å²) in [4.78, 5) is 10.5. The fraction of sp³-hybridized carbons (Fsp3) is 0.438. The zero-order valence-corrected chi connectivity index (χ0v) is 12.1. The molecule has 0 saturated heterocycles. The Balaban J connectivity index is 2.94. The molecule has 3 heteroatoms. The average molecular weight is 262 g/mol. The Bertz CT molecular complexity index is 452. The molecule has 0 aliphatic carbocycles. The van der Waals surface area contributed by atoms with Gasteiger partial charge in [-0.25, -0.2) is 4.79 Å². The van der Waals surface area contributed by atoms with Crippen molar-refractivity contribution in [2.24, 2.45) is 0 Å². The maximum Gasteiger partial charge on any atom is 0.328 e. The predicted molar refractivity (Wildman–Crippen MR) is 77.6 cm³/mol. The maximum absolute atomic E-state index is 10.5. The third kappa shape index (κ3) is 4.78. The van der Waals surface area contributed by atoms with E-state index in [4.69, 9.17) is 9.84 Å². The van der Waals surface area contributed by atoms with E-state index in [1.165, 1.54) is 0 Å². The minimum absolute atomic E-state index is 0.197. The van der Waals surface area contributed by atoms with Crippen LogP contribution in [0.3, 0.4) is 0 Å². The number of aryl methyl sites for hydroxylation is 2. The van der Waals surface area contributed by atoms with Gasteiger partial charge in [0.2, 0.25) is 0 Å². The molecular weight excluding hydrogens is 240 g/mol. The first-order valence-electron chi connectivity index (χ1n) is 6.63. The molecule has 1 aromatic carbocycles. The standard InChI is InChI=1S/C16H22O3/c1-5-6-13(4)19-16-11(2)9-14(10-12(16)3)7-8-15(17)18/h7-10,13H,5-6H2,1-4H3,(H,17,18)/b8-7+. The van der Waals surface area contributed by atoms with Gasteiger partial charge >= 0.3 is 5.97 Å². The summed E-state index contributed by atoms with van der Waals surface area (Å²) in [5.41, 5.74) is 2.95. The van der Waals surface area contributed by atoms with Gasteiger partial charge in [-0.1, -0.05) is 13.3 Å². The number of carbonyl (C=O) groups is 1. The Kier molecular flexibility index (Phi) is 5.61. The molecule has 0 radical (unpaired) electrons. The van der Waals surface area contributed by atoms with Crippen molar-refractivity contribution >= 4 is 12.0 Å². The molecule has 0 spiro atoms. The Hall–Kier alpha value is -1.77. The van der Waals surface area contributed by atoms with E-state index in [-0.39, 0.29) is 6.10 Å². The van der Waals surface area contributed by atoms with Gasteiger partial charge in [-0.05, 0) is 62.1 Å². The molecule has 0 aliphatic heterocycles. The van der Waals surface area contributed by atoms with Crippen molar-refractivity contribution in [3.63, 3.8) is 0 Å². The normalized spacial score (nSPS) is 12.6. The number of hydrogen-bond donors (Lipinski definition) is 1. The van der Waals surface area contributed by atoms with Crippen molar-refractivity contribution in [3.8, 4) is 5.75 Å². The lowest BCUT2D eigenvalue weighted by Gasteiger charge is -2.18. The molecule has 0 bridgehead atoms. The molecule has 19 heavy (non-hydrogen) atoms. The van der Waals surface area contributed by atoms with Crippen LogP contribution in [0.4, 0.5) is 0 Å². The third-order valence-corrected chi connectivity index (χ3v) is 2.92. The molecular formula is C16H22O3. The van der Waals surface area contributed by atoms with Gasteiger partial charge in [0.25, 0.3) is 0 Å². The van der Waals surface area contributed by atoms with Crippen molar-refractivity contribution in [3.05, 3.63) is 34.9 Å². The van der Waals surface area contributed by atoms with Crippen molar-refractivity contribution in [2.45, 2.75) is 46.6 Å². The van der Waals surface area contributed by atoms with E-state index in [9.17, 15) is 4.79 Å². The molecule has 1 rings (SSSR count). The first-order valence-corrected chi connectivity index (χ1v) is 6.63. The number of aliphatic carboxylic acids is 1. The second-order valence-corrected chi connectivity index (χ2v) is 4.87. The van der Waals surface area contributed by atoms with Crippen molar-refractivity contribution in [1.29, 1.82) is 0 Å². The smallest absolute Gasteiger partial charge is 0.328 e. The summed E-state index contributed by atoms with van der Waals surface area (Å²) in [6.45, 7) is 8.18. The Morgan fingerprint density at radius 2 is 1.95 bits per heavy atom. The van der Waals surface area contributed by atoms with E-state index in [0.717, 1.165) is 41.4 Å². The lowest BCUT2D eigenvalue weighted by molar-refractivity contribution is -0.131. The number of benzene rings is 1. The van der Waals surface area contributed by atoms with Gasteiger partial charge in [0, 0.05) is 6.08 Å². The van der Waals surface area contributed by atoms with Gasteiger partial charge in [-0.3, -0.25) is 0 Å². The largest absolute Gasteiger partial charge is 0.490 e. The fourth-order valence-corrected chi connectivity index (χ4v) is 2.10. The van der Waals surface area contributed by atoms with Gasteiger partial charge in [0.15, 0.2) is 0 Å². The molecule has 0 heterocycles. The highest BCUT2D eigenvalue weighted by molar-refractivity contribution is 5.85. The average Bonchev–Trinajstić information content (AvgIpc) is 2.31. The Morgan fingerprint density at radius 1 is 1.37 bits per heavy atom. The highest BCUT2D eigenvalue weighted by Crippen LogP contribution is 2.27. The molecule has 0 fully saturated rings. The molecule has 0 saturated carbocycles. The lowest BCUT2D eigenvalue weighted by atomic mass is 10.0. The maximum atomic E-state index is 10.5. The first kappa shape index (κ1) is 15.3. The summed E-state index contributed by atoms with van der Waals surface area (Å²) in [7, 11) is 0. The zero-order chi connectivity index (χ0) is 14.4. The van der Waals surface area contributed by atoms with E-state index in [1.807, 2.05) is 26.0 Å². The van der Waals surface area contributed by atoms with Crippen LogP contribution in [-0.4, -0.2) is 17.2 Å². The fourth-order valence-electron chi connectivity index (χ4n) is 2.10. The molecule has 0 amide bonds. The van der Waals surface area contributed by atoms with Gasteiger partial charge in [-0.2, -0.15) is 0 Å². The minimum atomic E-state index is -0.938. The highest BCUT2D eigenvalue weighted by atomic mass is 16.5. The Morgan fingerprint density at radius 3 is 2.42 bits per heavy atom. The number of carboxylic acid groups (broad SMARTS) is 1. The van der Waals surface area contributed by atoms with Crippen LogP contribution in [0.2, 0.25) is 0 Å². The van der Waals surface area contributed by atoms with Crippen LogP contribution in [0.1, 0.15) is 43.4 Å². The molecule has 1 unspecified atom stereocenters. The van der Waals surface area contributed by atoms with E-state index >= 15 is 0 Å². The van der Waals surface area contributed by atoms with Gasteiger partial charge in [0.05, 0.1) is 6.10 Å². The minimum Gasteiger partial charge on any atom is -0.490 e. The highest BCUT2D eigenvalue weighted by Gasteiger charge is 2.09. The zero-order valence-electron chi connectivity index (χ0n) is 12.1. The van der Waals surface area contributed by atoms with Crippen molar-refractivity contribution in [1.82, 2.24) is 0 Å². The van der Waals surface area contributed by atoms with Crippen molar-refractivity contribution < 1.29 is 14.6 Å². The van der Waals surface area contributed by atoms with Crippen LogP contribution in [-0.2, 0) is 4.79 Å². The topological polar surface area (TPSA) is 46.5 Å². The van der Waals surface area contributed by atoms with Crippen LogP contribution >= 0.6 is 0 Å². The molecule has 1 aromatic rings.